The molecule has 0 aromatic carbocycles. The summed E-state index contributed by atoms with van der Waals surface area (Å²) in [5, 5.41) is 15.3. The van der Waals surface area contributed by atoms with Crippen molar-refractivity contribution >= 4 is 12.0 Å². The van der Waals surface area contributed by atoms with Gasteiger partial charge in [-0.05, 0) is 38.0 Å². The predicted octanol–water partition coefficient (Wildman–Crippen LogP) is 2.75. The van der Waals surface area contributed by atoms with E-state index in [1.54, 1.807) is 6.92 Å². The van der Waals surface area contributed by atoms with Gasteiger partial charge < -0.3 is 15.7 Å². The molecule has 0 aromatic heterocycles. The van der Waals surface area contributed by atoms with Crippen LogP contribution in [0.1, 0.15) is 59.3 Å². The van der Waals surface area contributed by atoms with Crippen molar-refractivity contribution in [3.63, 3.8) is 0 Å². The minimum Gasteiger partial charge on any atom is -0.481 e. The Bertz CT molecular complexity index is 412. The molecule has 2 amide bonds. The summed E-state index contributed by atoms with van der Waals surface area (Å²) in [6, 6.07) is -0.280. The highest BCUT2D eigenvalue weighted by atomic mass is 16.4. The number of carboxylic acids is 1. The molecule has 0 radical (unpaired) electrons. The molecule has 2 aliphatic carbocycles. The fraction of sp³-hybridized carbons (Fsp3) is 0.875. The number of carbonyl (C=O) groups is 2. The number of carboxylic acid groups (broad SMARTS) is 1. The van der Waals surface area contributed by atoms with Crippen LogP contribution in [0.25, 0.3) is 0 Å². The summed E-state index contributed by atoms with van der Waals surface area (Å²) in [6.07, 6.45) is 5.61. The third-order valence-electron chi connectivity index (χ3n) is 5.78. The molecule has 120 valence electrons. The van der Waals surface area contributed by atoms with Crippen LogP contribution in [0.5, 0.6) is 0 Å². The minimum atomic E-state index is -0.831. The monoisotopic (exact) mass is 296 g/mol. The Labute approximate surface area is 126 Å². The molecule has 0 aromatic rings. The van der Waals surface area contributed by atoms with Crippen LogP contribution in [0.4, 0.5) is 4.79 Å². The fourth-order valence-corrected chi connectivity index (χ4v) is 3.81. The van der Waals surface area contributed by atoms with Gasteiger partial charge in [0.25, 0.3) is 0 Å². The van der Waals surface area contributed by atoms with Gasteiger partial charge in [0.15, 0.2) is 0 Å². The third-order valence-corrected chi connectivity index (χ3v) is 5.78. The van der Waals surface area contributed by atoms with Gasteiger partial charge in [-0.1, -0.05) is 33.1 Å². The Hall–Kier alpha value is -1.26. The number of carbonyl (C=O) groups excluding carboxylic acids is 1. The van der Waals surface area contributed by atoms with Crippen LogP contribution in [0.2, 0.25) is 0 Å². The van der Waals surface area contributed by atoms with Gasteiger partial charge >= 0.3 is 12.0 Å². The summed E-state index contributed by atoms with van der Waals surface area (Å²) in [5.41, 5.74) is -0.831. The van der Waals surface area contributed by atoms with Crippen LogP contribution in [-0.4, -0.2) is 29.2 Å². The first-order valence-corrected chi connectivity index (χ1v) is 8.15. The highest BCUT2D eigenvalue weighted by molar-refractivity contribution is 5.79. The quantitative estimate of drug-likeness (QED) is 0.749. The molecule has 5 heteroatoms. The van der Waals surface area contributed by atoms with Crippen molar-refractivity contribution in [3.8, 4) is 0 Å². The molecule has 2 fully saturated rings. The van der Waals surface area contributed by atoms with E-state index in [1.807, 2.05) is 0 Å². The van der Waals surface area contributed by atoms with Gasteiger partial charge in [-0.3, -0.25) is 4.79 Å². The highest BCUT2D eigenvalue weighted by Crippen LogP contribution is 2.38. The van der Waals surface area contributed by atoms with E-state index >= 15 is 0 Å². The molecule has 2 aliphatic rings. The van der Waals surface area contributed by atoms with Crippen molar-refractivity contribution in [1.29, 1.82) is 0 Å². The van der Waals surface area contributed by atoms with Crippen LogP contribution >= 0.6 is 0 Å². The Morgan fingerprint density at radius 2 is 1.81 bits per heavy atom. The standard InChI is InChI=1S/C16H28N2O3/c1-10-6-4-7-12(11(10)2)17-15(21)18-13-8-5-9-16(13,3)14(19)20/h10-13H,4-9H2,1-3H3,(H,19,20)(H2,17,18,21). The Morgan fingerprint density at radius 3 is 2.48 bits per heavy atom. The molecule has 0 aliphatic heterocycles. The molecule has 0 spiro atoms. The average Bonchev–Trinajstić information content (AvgIpc) is 2.78. The van der Waals surface area contributed by atoms with E-state index in [0.717, 1.165) is 25.7 Å². The zero-order valence-electron chi connectivity index (χ0n) is 13.3. The van der Waals surface area contributed by atoms with Crippen LogP contribution in [0.15, 0.2) is 0 Å². The van der Waals surface area contributed by atoms with Crippen molar-refractivity contribution in [3.05, 3.63) is 0 Å². The van der Waals surface area contributed by atoms with Crippen LogP contribution < -0.4 is 10.6 Å². The van der Waals surface area contributed by atoms with Crippen LogP contribution in [0, 0.1) is 17.3 Å². The molecule has 2 rings (SSSR count). The number of hydrogen-bond acceptors (Lipinski definition) is 2. The maximum Gasteiger partial charge on any atom is 0.315 e. The van der Waals surface area contributed by atoms with E-state index in [2.05, 4.69) is 24.5 Å². The molecule has 2 saturated carbocycles. The summed E-state index contributed by atoms with van der Waals surface area (Å²) < 4.78 is 0. The van der Waals surface area contributed by atoms with Gasteiger partial charge in [0.05, 0.1) is 5.41 Å². The van der Waals surface area contributed by atoms with Gasteiger partial charge in [-0.2, -0.15) is 0 Å². The summed E-state index contributed by atoms with van der Waals surface area (Å²) in [5.74, 6) is 0.281. The largest absolute Gasteiger partial charge is 0.481 e. The number of nitrogens with one attached hydrogen (secondary N) is 2. The van der Waals surface area contributed by atoms with Crippen molar-refractivity contribution in [2.24, 2.45) is 17.3 Å². The molecule has 0 bridgehead atoms. The Morgan fingerprint density at radius 1 is 1.10 bits per heavy atom. The van der Waals surface area contributed by atoms with Crippen molar-refractivity contribution in [1.82, 2.24) is 10.6 Å². The molecular weight excluding hydrogens is 268 g/mol. The highest BCUT2D eigenvalue weighted by Gasteiger charge is 2.46. The lowest BCUT2D eigenvalue weighted by molar-refractivity contribution is -0.148. The third kappa shape index (κ3) is 3.33. The maximum absolute atomic E-state index is 12.2. The lowest BCUT2D eigenvalue weighted by Gasteiger charge is -2.35. The fourth-order valence-electron chi connectivity index (χ4n) is 3.81. The molecule has 0 saturated heterocycles. The van der Waals surface area contributed by atoms with Crippen molar-refractivity contribution in [2.75, 3.05) is 0 Å². The Kier molecular flexibility index (Phi) is 4.79. The van der Waals surface area contributed by atoms with E-state index in [0.29, 0.717) is 18.3 Å². The van der Waals surface area contributed by atoms with Crippen molar-refractivity contribution < 1.29 is 14.7 Å². The zero-order chi connectivity index (χ0) is 15.6. The second kappa shape index (κ2) is 6.24. The number of urea groups is 1. The van der Waals surface area contributed by atoms with Crippen LogP contribution in [0.3, 0.4) is 0 Å². The summed E-state index contributed by atoms with van der Waals surface area (Å²) in [6.45, 7) is 6.15. The topological polar surface area (TPSA) is 78.4 Å². The molecular formula is C16H28N2O3. The van der Waals surface area contributed by atoms with Gasteiger partial charge in [-0.25, -0.2) is 4.79 Å². The SMILES string of the molecule is CC1CCCC(NC(=O)NC2CCCC2(C)C(=O)O)C1C. The lowest BCUT2D eigenvalue weighted by Crippen LogP contribution is -2.54. The van der Waals surface area contributed by atoms with Crippen molar-refractivity contribution in [2.45, 2.75) is 71.4 Å². The van der Waals surface area contributed by atoms with E-state index in [9.17, 15) is 14.7 Å². The minimum absolute atomic E-state index is 0.200. The summed E-state index contributed by atoms with van der Waals surface area (Å²) in [4.78, 5) is 23.6. The normalized spacial score (nSPS) is 39.8. The summed E-state index contributed by atoms with van der Waals surface area (Å²) in [7, 11) is 0. The molecule has 3 N–H and O–H groups in total. The molecule has 5 nitrogen and oxygen atoms in total. The first kappa shape index (κ1) is 16.1. The lowest BCUT2D eigenvalue weighted by atomic mass is 9.78. The average molecular weight is 296 g/mol. The van der Waals surface area contributed by atoms with E-state index < -0.39 is 11.4 Å². The van der Waals surface area contributed by atoms with Gasteiger partial charge in [-0.15, -0.1) is 0 Å². The number of amides is 2. The van der Waals surface area contributed by atoms with E-state index in [1.165, 1.54) is 6.42 Å². The van der Waals surface area contributed by atoms with Gasteiger partial charge in [0, 0.05) is 12.1 Å². The maximum atomic E-state index is 12.2. The molecule has 0 heterocycles. The summed E-state index contributed by atoms with van der Waals surface area (Å²) >= 11 is 0. The Balaban J connectivity index is 1.91. The smallest absolute Gasteiger partial charge is 0.315 e. The van der Waals surface area contributed by atoms with E-state index in [-0.39, 0.29) is 18.1 Å². The first-order valence-electron chi connectivity index (χ1n) is 8.15. The number of rotatable bonds is 3. The van der Waals surface area contributed by atoms with Crippen LogP contribution in [-0.2, 0) is 4.79 Å². The van der Waals surface area contributed by atoms with Gasteiger partial charge in [0.1, 0.15) is 0 Å². The van der Waals surface area contributed by atoms with E-state index in [4.69, 9.17) is 0 Å². The van der Waals surface area contributed by atoms with Gasteiger partial charge in [0.2, 0.25) is 0 Å². The molecule has 5 unspecified atom stereocenters. The number of aliphatic carboxylic acids is 1. The molecule has 21 heavy (non-hydrogen) atoms. The second-order valence-electron chi connectivity index (χ2n) is 7.16. The molecule has 5 atom stereocenters. The predicted molar refractivity (Wildman–Crippen MR) is 81.0 cm³/mol. The zero-order valence-corrected chi connectivity index (χ0v) is 13.3. The number of hydrogen-bond donors (Lipinski definition) is 3. The first-order chi connectivity index (χ1) is 9.84. The second-order valence-corrected chi connectivity index (χ2v) is 7.16.